The van der Waals surface area contributed by atoms with Crippen LogP contribution in [0.4, 0.5) is 23.4 Å². The Kier molecular flexibility index (Phi) is 6.70. The lowest BCUT2D eigenvalue weighted by Gasteiger charge is -2.40. The number of alkyl halides is 3. The molecule has 0 saturated carbocycles. The average Bonchev–Trinajstić information content (AvgIpc) is 3.44. The summed E-state index contributed by atoms with van der Waals surface area (Å²) in [5.41, 5.74) is -0.929. The first-order valence-electron chi connectivity index (χ1n) is 12.0. The van der Waals surface area contributed by atoms with Crippen molar-refractivity contribution >= 4 is 23.3 Å². The van der Waals surface area contributed by atoms with E-state index in [-0.39, 0.29) is 40.6 Å². The van der Waals surface area contributed by atoms with Gasteiger partial charge >= 0.3 is 12.1 Å². The molecule has 0 spiro atoms. The van der Waals surface area contributed by atoms with Crippen LogP contribution in [0.3, 0.4) is 0 Å². The van der Waals surface area contributed by atoms with Crippen molar-refractivity contribution in [3.8, 4) is 17.1 Å². The lowest BCUT2D eigenvalue weighted by Crippen LogP contribution is -2.55. The van der Waals surface area contributed by atoms with E-state index in [1.165, 1.54) is 18.3 Å². The molecule has 5 rings (SSSR count). The number of carbonyl (C=O) groups excluding carboxylic acids is 1. The molecule has 1 amide bonds. The van der Waals surface area contributed by atoms with Crippen molar-refractivity contribution < 1.29 is 31.6 Å². The van der Waals surface area contributed by atoms with Crippen molar-refractivity contribution in [3.63, 3.8) is 0 Å². The number of nitrogens with one attached hydrogen (secondary N) is 1. The number of fused-ring (bicyclic) bond motifs is 2. The molecule has 0 aliphatic carbocycles. The minimum atomic E-state index is -4.72. The van der Waals surface area contributed by atoms with Gasteiger partial charge in [-0.1, -0.05) is 16.8 Å². The standard InChI is InChI=1S/C25H24ClF4N5O3/c1-24(2,37-19-7-4-14(27)9-18(19)26)22(36)32-15-10-16-5-6-17(11-15)35(16)20-8-3-13(12-31-20)21-33-23(38-34-21)25(28,29)30/h3-4,7-9,12,15-17H,5-6,10-11H2,1-2H3,(H,32,36)/t15-,16+,17-. The maximum atomic E-state index is 13.3. The first kappa shape index (κ1) is 26.2. The highest BCUT2D eigenvalue weighted by molar-refractivity contribution is 6.32. The number of anilines is 1. The van der Waals surface area contributed by atoms with E-state index in [1.54, 1.807) is 26.0 Å². The Balaban J connectivity index is 1.22. The molecule has 8 nitrogen and oxygen atoms in total. The van der Waals surface area contributed by atoms with Crippen molar-refractivity contribution in [2.24, 2.45) is 0 Å². The number of carbonyl (C=O) groups is 1. The molecule has 4 heterocycles. The Morgan fingerprint density at radius 3 is 2.45 bits per heavy atom. The first-order valence-corrected chi connectivity index (χ1v) is 12.4. The number of hydrogen-bond donors (Lipinski definition) is 1. The predicted molar refractivity (Wildman–Crippen MR) is 129 cm³/mol. The number of rotatable bonds is 6. The van der Waals surface area contributed by atoms with Gasteiger partial charge in [-0.3, -0.25) is 4.79 Å². The summed E-state index contributed by atoms with van der Waals surface area (Å²) in [7, 11) is 0. The molecule has 2 saturated heterocycles. The minimum Gasteiger partial charge on any atom is -0.476 e. The van der Waals surface area contributed by atoms with E-state index >= 15 is 0 Å². The van der Waals surface area contributed by atoms with Crippen molar-refractivity contribution in [2.75, 3.05) is 4.90 Å². The summed E-state index contributed by atoms with van der Waals surface area (Å²) >= 11 is 6.05. The summed E-state index contributed by atoms with van der Waals surface area (Å²) in [6.07, 6.45) is -0.0602. The summed E-state index contributed by atoms with van der Waals surface area (Å²) in [6.45, 7) is 3.25. The van der Waals surface area contributed by atoms with Crippen molar-refractivity contribution in [1.82, 2.24) is 20.4 Å². The molecule has 2 aliphatic heterocycles. The number of halogens is 5. The molecule has 2 aliphatic rings. The van der Waals surface area contributed by atoms with Gasteiger partial charge in [0.15, 0.2) is 5.60 Å². The molecule has 3 atom stereocenters. The van der Waals surface area contributed by atoms with Crippen LogP contribution in [0.15, 0.2) is 41.1 Å². The lowest BCUT2D eigenvalue weighted by molar-refractivity contribution is -0.159. The fourth-order valence-corrected chi connectivity index (χ4v) is 5.24. The van der Waals surface area contributed by atoms with Crippen LogP contribution in [0.1, 0.15) is 45.4 Å². The van der Waals surface area contributed by atoms with E-state index in [9.17, 15) is 22.4 Å². The van der Waals surface area contributed by atoms with Gasteiger partial charge in [0.2, 0.25) is 5.82 Å². The zero-order valence-electron chi connectivity index (χ0n) is 20.4. The second-order valence-electron chi connectivity index (χ2n) is 9.95. The molecule has 38 heavy (non-hydrogen) atoms. The molecular formula is C25H24ClF4N5O3. The van der Waals surface area contributed by atoms with Crippen LogP contribution >= 0.6 is 11.6 Å². The van der Waals surface area contributed by atoms with Gasteiger partial charge in [0.1, 0.15) is 17.4 Å². The number of nitrogens with zero attached hydrogens (tertiary/aromatic N) is 4. The molecule has 3 aromatic rings. The first-order chi connectivity index (χ1) is 17.9. The number of aromatic nitrogens is 3. The normalized spacial score (nSPS) is 21.4. The average molecular weight is 554 g/mol. The fourth-order valence-electron chi connectivity index (χ4n) is 5.03. The predicted octanol–water partition coefficient (Wildman–Crippen LogP) is 5.42. The highest BCUT2D eigenvalue weighted by Crippen LogP contribution is 2.39. The maximum absolute atomic E-state index is 13.3. The zero-order valence-corrected chi connectivity index (χ0v) is 21.2. The van der Waals surface area contributed by atoms with Crippen molar-refractivity contribution in [2.45, 2.75) is 69.4 Å². The van der Waals surface area contributed by atoms with E-state index in [0.717, 1.165) is 18.9 Å². The van der Waals surface area contributed by atoms with Crippen molar-refractivity contribution in [1.29, 1.82) is 0 Å². The molecule has 1 aromatic carbocycles. The smallest absolute Gasteiger partial charge is 0.471 e. The van der Waals surface area contributed by atoms with Gasteiger partial charge in [-0.15, -0.1) is 0 Å². The van der Waals surface area contributed by atoms with Gasteiger partial charge in [0.25, 0.3) is 5.91 Å². The van der Waals surface area contributed by atoms with E-state index in [1.807, 2.05) is 0 Å². The SMILES string of the molecule is CC(C)(Oc1ccc(F)cc1Cl)C(=O)N[C@H]1C[C@H]2CC[C@@H](C1)N2c1ccc(-c2noc(C(F)(F)F)n2)cn1. The lowest BCUT2D eigenvalue weighted by atomic mass is 9.96. The number of piperidine rings is 1. The Morgan fingerprint density at radius 1 is 1.16 bits per heavy atom. The largest absolute Gasteiger partial charge is 0.476 e. The number of amides is 1. The van der Waals surface area contributed by atoms with Gasteiger partial charge in [-0.25, -0.2) is 9.37 Å². The van der Waals surface area contributed by atoms with Crippen LogP contribution in [0.5, 0.6) is 5.75 Å². The summed E-state index contributed by atoms with van der Waals surface area (Å²) in [5, 5.41) is 6.56. The van der Waals surface area contributed by atoms with E-state index in [2.05, 4.69) is 29.9 Å². The Hall–Kier alpha value is -3.41. The molecular weight excluding hydrogens is 530 g/mol. The molecule has 1 N–H and O–H groups in total. The molecule has 2 aromatic heterocycles. The number of benzene rings is 1. The Bertz CT molecular complexity index is 1320. The second-order valence-corrected chi connectivity index (χ2v) is 10.4. The maximum Gasteiger partial charge on any atom is 0.471 e. The molecule has 2 bridgehead atoms. The monoisotopic (exact) mass is 553 g/mol. The van der Waals surface area contributed by atoms with E-state index in [4.69, 9.17) is 16.3 Å². The summed E-state index contributed by atoms with van der Waals surface area (Å²) in [5.74, 6) is -1.49. The molecule has 2 fully saturated rings. The topological polar surface area (TPSA) is 93.4 Å². The summed E-state index contributed by atoms with van der Waals surface area (Å²) in [4.78, 5) is 23.1. The number of pyridine rings is 1. The molecule has 0 unspecified atom stereocenters. The number of hydrogen-bond acceptors (Lipinski definition) is 7. The Morgan fingerprint density at radius 2 is 1.87 bits per heavy atom. The van der Waals surface area contributed by atoms with Crippen molar-refractivity contribution in [3.05, 3.63) is 53.3 Å². The fraction of sp³-hybridized carbons (Fsp3) is 0.440. The Labute approximate surface area is 220 Å². The van der Waals surface area contributed by atoms with Gasteiger partial charge in [0.05, 0.1) is 5.02 Å². The van der Waals surface area contributed by atoms with Crippen LogP contribution in [0.2, 0.25) is 5.02 Å². The quantitative estimate of drug-likeness (QED) is 0.408. The third-order valence-corrected chi connectivity index (χ3v) is 7.11. The third-order valence-electron chi connectivity index (χ3n) is 6.81. The minimum absolute atomic E-state index is 0.0795. The van der Waals surface area contributed by atoms with Gasteiger partial charge in [-0.05, 0) is 69.9 Å². The van der Waals surface area contributed by atoms with Gasteiger partial charge in [-0.2, -0.15) is 18.2 Å². The highest BCUT2D eigenvalue weighted by Gasteiger charge is 2.43. The van der Waals surface area contributed by atoms with Crippen LogP contribution in [0, 0.1) is 5.82 Å². The van der Waals surface area contributed by atoms with Gasteiger partial charge in [0, 0.05) is 29.9 Å². The summed E-state index contributed by atoms with van der Waals surface area (Å²) in [6, 6.07) is 7.25. The zero-order chi connectivity index (χ0) is 27.2. The van der Waals surface area contributed by atoms with Crippen LogP contribution in [-0.2, 0) is 11.0 Å². The van der Waals surface area contributed by atoms with Gasteiger partial charge < -0.3 is 19.5 Å². The molecule has 0 radical (unpaired) electrons. The van der Waals surface area contributed by atoms with Crippen LogP contribution in [0.25, 0.3) is 11.4 Å². The highest BCUT2D eigenvalue weighted by atomic mass is 35.5. The van der Waals surface area contributed by atoms with E-state index in [0.29, 0.717) is 24.2 Å². The van der Waals surface area contributed by atoms with E-state index < -0.39 is 23.5 Å². The summed E-state index contributed by atoms with van der Waals surface area (Å²) < 4.78 is 61.7. The molecule has 13 heteroatoms. The molecule has 202 valence electrons. The number of ether oxygens (including phenoxy) is 1. The van der Waals surface area contributed by atoms with Crippen LogP contribution in [-0.4, -0.2) is 44.8 Å². The van der Waals surface area contributed by atoms with Crippen LogP contribution < -0.4 is 15.0 Å². The third kappa shape index (κ3) is 5.27. The second kappa shape index (κ2) is 9.72.